The van der Waals surface area contributed by atoms with Crippen molar-refractivity contribution in [2.75, 3.05) is 19.7 Å². The number of benzene rings is 1. The van der Waals surface area contributed by atoms with Gasteiger partial charge in [0.2, 0.25) is 0 Å². The van der Waals surface area contributed by atoms with Gasteiger partial charge in [-0.2, -0.15) is 0 Å². The topological polar surface area (TPSA) is 21.3 Å². The maximum absolute atomic E-state index is 5.87. The van der Waals surface area contributed by atoms with Crippen LogP contribution < -0.4 is 10.1 Å². The van der Waals surface area contributed by atoms with E-state index < -0.39 is 0 Å². The van der Waals surface area contributed by atoms with Gasteiger partial charge in [0.05, 0.1) is 6.61 Å². The van der Waals surface area contributed by atoms with Gasteiger partial charge in [-0.25, -0.2) is 0 Å². The fourth-order valence-corrected chi connectivity index (χ4v) is 2.47. The molecule has 0 atom stereocenters. The molecule has 0 amide bonds. The lowest BCUT2D eigenvalue weighted by atomic mass is 9.95. The highest BCUT2D eigenvalue weighted by Gasteiger charge is 2.12. The first-order valence-corrected chi connectivity index (χ1v) is 6.66. The summed E-state index contributed by atoms with van der Waals surface area (Å²) in [6.45, 7) is 7.44. The zero-order valence-electron chi connectivity index (χ0n) is 11.0. The molecule has 1 N–H and O–H groups in total. The second kappa shape index (κ2) is 6.06. The van der Waals surface area contributed by atoms with Crippen LogP contribution in [0.15, 0.2) is 18.2 Å². The molecule has 1 aliphatic heterocycles. The van der Waals surface area contributed by atoms with Crippen LogP contribution in [0.4, 0.5) is 0 Å². The van der Waals surface area contributed by atoms with E-state index in [1.165, 1.54) is 43.5 Å². The summed E-state index contributed by atoms with van der Waals surface area (Å²) >= 11 is 0. The van der Waals surface area contributed by atoms with Gasteiger partial charge in [0, 0.05) is 0 Å². The van der Waals surface area contributed by atoms with Gasteiger partial charge in [0.25, 0.3) is 0 Å². The van der Waals surface area contributed by atoms with E-state index >= 15 is 0 Å². The van der Waals surface area contributed by atoms with Crippen molar-refractivity contribution in [2.45, 2.75) is 33.1 Å². The molecule has 0 unspecified atom stereocenters. The number of rotatable bonds is 4. The highest BCUT2D eigenvalue weighted by molar-refractivity contribution is 5.35. The molecule has 1 saturated heterocycles. The molecule has 0 aliphatic carbocycles. The maximum atomic E-state index is 5.87. The van der Waals surface area contributed by atoms with Crippen LogP contribution in [0.25, 0.3) is 0 Å². The lowest BCUT2D eigenvalue weighted by Crippen LogP contribution is -2.28. The summed E-state index contributed by atoms with van der Waals surface area (Å²) in [6.07, 6.45) is 3.79. The lowest BCUT2D eigenvalue weighted by Gasteiger charge is -2.22. The van der Waals surface area contributed by atoms with Crippen LogP contribution >= 0.6 is 0 Å². The molecule has 94 valence electrons. The van der Waals surface area contributed by atoms with Gasteiger partial charge in [-0.15, -0.1) is 0 Å². The molecular weight excluding hydrogens is 210 g/mol. The molecule has 17 heavy (non-hydrogen) atoms. The summed E-state index contributed by atoms with van der Waals surface area (Å²) in [5, 5.41) is 3.40. The van der Waals surface area contributed by atoms with Crippen molar-refractivity contribution in [1.29, 1.82) is 0 Å². The van der Waals surface area contributed by atoms with Crippen LogP contribution in [-0.4, -0.2) is 19.7 Å². The first-order chi connectivity index (χ1) is 8.25. The van der Waals surface area contributed by atoms with Crippen LogP contribution in [0.5, 0.6) is 5.75 Å². The zero-order chi connectivity index (χ0) is 12.1. The summed E-state index contributed by atoms with van der Waals surface area (Å²) < 4.78 is 5.87. The molecule has 1 aliphatic rings. The average Bonchev–Trinajstić information content (AvgIpc) is 2.33. The normalized spacial score (nSPS) is 17.1. The Bertz CT molecular complexity index is 356. The molecule has 1 heterocycles. The van der Waals surface area contributed by atoms with Crippen molar-refractivity contribution in [3.63, 3.8) is 0 Å². The number of hydrogen-bond donors (Lipinski definition) is 1. The zero-order valence-corrected chi connectivity index (χ0v) is 11.0. The monoisotopic (exact) mass is 233 g/mol. The van der Waals surface area contributed by atoms with E-state index in [2.05, 4.69) is 37.4 Å². The first kappa shape index (κ1) is 12.4. The Morgan fingerprint density at radius 3 is 2.71 bits per heavy atom. The van der Waals surface area contributed by atoms with Crippen molar-refractivity contribution in [3.8, 4) is 5.75 Å². The van der Waals surface area contributed by atoms with Crippen molar-refractivity contribution in [2.24, 2.45) is 5.92 Å². The second-order valence-electron chi connectivity index (χ2n) is 5.10. The fourth-order valence-electron chi connectivity index (χ4n) is 2.47. The third kappa shape index (κ3) is 3.74. The van der Waals surface area contributed by atoms with Crippen molar-refractivity contribution in [1.82, 2.24) is 5.32 Å². The fraction of sp³-hybridized carbons (Fsp3) is 0.600. The first-order valence-electron chi connectivity index (χ1n) is 6.66. The van der Waals surface area contributed by atoms with Gasteiger partial charge >= 0.3 is 0 Å². The number of nitrogens with one attached hydrogen (secondary N) is 1. The quantitative estimate of drug-likeness (QED) is 0.863. The van der Waals surface area contributed by atoms with E-state index in [0.717, 1.165) is 18.3 Å². The number of hydrogen-bond acceptors (Lipinski definition) is 2. The Kier molecular flexibility index (Phi) is 4.43. The van der Waals surface area contributed by atoms with Crippen molar-refractivity contribution >= 4 is 0 Å². The molecular formula is C15H23NO. The van der Waals surface area contributed by atoms with Gasteiger partial charge in [-0.05, 0) is 63.7 Å². The van der Waals surface area contributed by atoms with E-state index in [-0.39, 0.29) is 0 Å². The minimum atomic E-state index is 0.849. The molecule has 0 bridgehead atoms. The summed E-state index contributed by atoms with van der Waals surface area (Å²) in [6, 6.07) is 6.39. The predicted octanol–water partition coefficient (Wildman–Crippen LogP) is 3.07. The smallest absolute Gasteiger partial charge is 0.122 e. The van der Waals surface area contributed by atoms with E-state index in [4.69, 9.17) is 4.74 Å². The minimum absolute atomic E-state index is 0.849. The number of aryl methyl sites for hydroxylation is 2. The Labute approximate surface area is 104 Å². The molecule has 1 fully saturated rings. The van der Waals surface area contributed by atoms with E-state index in [9.17, 15) is 0 Å². The molecule has 2 heteroatoms. The van der Waals surface area contributed by atoms with E-state index in [1.807, 2.05) is 0 Å². The third-order valence-corrected chi connectivity index (χ3v) is 3.57. The van der Waals surface area contributed by atoms with Gasteiger partial charge < -0.3 is 10.1 Å². The predicted molar refractivity (Wildman–Crippen MR) is 71.6 cm³/mol. The van der Waals surface area contributed by atoms with E-state index in [1.54, 1.807) is 0 Å². The van der Waals surface area contributed by atoms with Gasteiger partial charge in [0.1, 0.15) is 5.75 Å². The van der Waals surface area contributed by atoms with Crippen LogP contribution in [0.2, 0.25) is 0 Å². The summed E-state index contributed by atoms with van der Waals surface area (Å²) in [5.74, 6) is 1.89. The highest BCUT2D eigenvalue weighted by atomic mass is 16.5. The Morgan fingerprint density at radius 1 is 1.24 bits per heavy atom. The van der Waals surface area contributed by atoms with Crippen LogP contribution in [-0.2, 0) is 0 Å². The Morgan fingerprint density at radius 2 is 2.00 bits per heavy atom. The number of piperidine rings is 1. The number of ether oxygens (including phenoxy) is 1. The van der Waals surface area contributed by atoms with Crippen LogP contribution in [0.1, 0.15) is 30.4 Å². The van der Waals surface area contributed by atoms with Crippen LogP contribution in [0.3, 0.4) is 0 Å². The Balaban J connectivity index is 1.77. The molecule has 1 aromatic rings. The second-order valence-corrected chi connectivity index (χ2v) is 5.10. The van der Waals surface area contributed by atoms with Gasteiger partial charge in [0.15, 0.2) is 0 Å². The minimum Gasteiger partial charge on any atom is -0.493 e. The summed E-state index contributed by atoms with van der Waals surface area (Å²) in [4.78, 5) is 0. The molecule has 0 spiro atoms. The lowest BCUT2D eigenvalue weighted by molar-refractivity contribution is 0.250. The highest BCUT2D eigenvalue weighted by Crippen LogP contribution is 2.21. The largest absolute Gasteiger partial charge is 0.493 e. The van der Waals surface area contributed by atoms with Gasteiger partial charge in [-0.3, -0.25) is 0 Å². The SMILES string of the molecule is Cc1ccc(OCCC2CCNCC2)c(C)c1. The molecule has 0 saturated carbocycles. The van der Waals surface area contributed by atoms with Crippen molar-refractivity contribution in [3.05, 3.63) is 29.3 Å². The molecule has 0 radical (unpaired) electrons. The van der Waals surface area contributed by atoms with Crippen molar-refractivity contribution < 1.29 is 4.74 Å². The summed E-state index contributed by atoms with van der Waals surface area (Å²) in [5.41, 5.74) is 2.54. The average molecular weight is 233 g/mol. The Hall–Kier alpha value is -1.02. The van der Waals surface area contributed by atoms with Crippen LogP contribution in [0, 0.1) is 19.8 Å². The molecule has 2 nitrogen and oxygen atoms in total. The molecule has 2 rings (SSSR count). The molecule has 0 aromatic heterocycles. The molecule has 1 aromatic carbocycles. The van der Waals surface area contributed by atoms with E-state index in [0.29, 0.717) is 0 Å². The summed E-state index contributed by atoms with van der Waals surface area (Å²) in [7, 11) is 0. The van der Waals surface area contributed by atoms with Gasteiger partial charge in [-0.1, -0.05) is 17.7 Å². The third-order valence-electron chi connectivity index (χ3n) is 3.57. The maximum Gasteiger partial charge on any atom is 0.122 e. The standard InChI is InChI=1S/C15H23NO/c1-12-3-4-15(13(2)11-12)17-10-7-14-5-8-16-9-6-14/h3-4,11,14,16H,5-10H2,1-2H3.